The Morgan fingerprint density at radius 3 is 3.00 bits per heavy atom. The number of aryl methyl sites for hydroxylation is 1. The van der Waals surface area contributed by atoms with E-state index in [1.807, 2.05) is 13.2 Å². The van der Waals surface area contributed by atoms with Gasteiger partial charge in [-0.05, 0) is 49.1 Å². The van der Waals surface area contributed by atoms with Crippen LogP contribution in [0.5, 0.6) is 0 Å². The summed E-state index contributed by atoms with van der Waals surface area (Å²) < 4.78 is 0. The Kier molecular flexibility index (Phi) is 3.59. The minimum atomic E-state index is 0.580. The number of benzene rings is 1. The Morgan fingerprint density at radius 2 is 2.15 bits per heavy atom. The van der Waals surface area contributed by atoms with E-state index in [9.17, 15) is 0 Å². The van der Waals surface area contributed by atoms with Gasteiger partial charge >= 0.3 is 0 Å². The van der Waals surface area contributed by atoms with Crippen molar-refractivity contribution in [2.75, 3.05) is 17.3 Å². The Bertz CT molecular complexity index is 594. The number of fused-ring (bicyclic) bond motifs is 1. The van der Waals surface area contributed by atoms with Crippen LogP contribution in [0.4, 0.5) is 11.5 Å². The molecule has 1 aromatic heterocycles. The third-order valence-corrected chi connectivity index (χ3v) is 4.10. The number of nitrogens with one attached hydrogen (secondary N) is 1. The number of para-hydroxylation sites is 1. The molecule has 0 saturated heterocycles. The van der Waals surface area contributed by atoms with E-state index in [-0.39, 0.29) is 0 Å². The molecule has 0 fully saturated rings. The zero-order valence-corrected chi connectivity index (χ0v) is 12.1. The van der Waals surface area contributed by atoms with E-state index in [2.05, 4.69) is 58.5 Å². The van der Waals surface area contributed by atoms with Gasteiger partial charge in [-0.3, -0.25) is 0 Å². The molecule has 2 heterocycles. The van der Waals surface area contributed by atoms with E-state index in [4.69, 9.17) is 0 Å². The second-order valence-corrected chi connectivity index (χ2v) is 5.44. The van der Waals surface area contributed by atoms with Gasteiger partial charge in [0.25, 0.3) is 0 Å². The van der Waals surface area contributed by atoms with Crippen molar-refractivity contribution < 1.29 is 0 Å². The summed E-state index contributed by atoms with van der Waals surface area (Å²) >= 11 is 0. The van der Waals surface area contributed by atoms with Gasteiger partial charge in [0.2, 0.25) is 0 Å². The van der Waals surface area contributed by atoms with E-state index in [0.717, 1.165) is 12.4 Å². The first-order valence-corrected chi connectivity index (χ1v) is 7.25. The number of hydrogen-bond donors (Lipinski definition) is 1. The lowest BCUT2D eigenvalue weighted by Crippen LogP contribution is -2.36. The average Bonchev–Trinajstić information content (AvgIpc) is 2.50. The van der Waals surface area contributed by atoms with E-state index in [0.29, 0.717) is 6.04 Å². The Hall–Kier alpha value is -2.03. The molecule has 3 heteroatoms. The highest BCUT2D eigenvalue weighted by molar-refractivity contribution is 5.57. The molecule has 3 rings (SSSR count). The van der Waals surface area contributed by atoms with Crippen LogP contribution in [0.25, 0.3) is 0 Å². The van der Waals surface area contributed by atoms with Crippen LogP contribution < -0.4 is 10.2 Å². The molecule has 1 aliphatic rings. The van der Waals surface area contributed by atoms with Gasteiger partial charge in [0.15, 0.2) is 0 Å². The van der Waals surface area contributed by atoms with Gasteiger partial charge < -0.3 is 10.2 Å². The molecule has 1 atom stereocenters. The highest BCUT2D eigenvalue weighted by atomic mass is 15.2. The fraction of sp³-hybridized carbons (Fsp3) is 0.353. The third-order valence-electron chi connectivity index (χ3n) is 4.10. The predicted molar refractivity (Wildman–Crippen MR) is 84.2 cm³/mol. The van der Waals surface area contributed by atoms with Gasteiger partial charge in [-0.25, -0.2) is 4.98 Å². The first kappa shape index (κ1) is 13.0. The van der Waals surface area contributed by atoms with Crippen molar-refractivity contribution in [3.8, 4) is 0 Å². The number of aromatic nitrogens is 1. The molecule has 104 valence electrons. The molecular weight excluding hydrogens is 246 g/mol. The summed E-state index contributed by atoms with van der Waals surface area (Å²) in [5.41, 5.74) is 4.15. The van der Waals surface area contributed by atoms with E-state index < -0.39 is 0 Å². The lowest BCUT2D eigenvalue weighted by atomic mass is 9.96. The Balaban J connectivity index is 1.89. The molecule has 20 heavy (non-hydrogen) atoms. The highest BCUT2D eigenvalue weighted by Crippen LogP contribution is 2.31. The van der Waals surface area contributed by atoms with Gasteiger partial charge in [-0.15, -0.1) is 0 Å². The summed E-state index contributed by atoms with van der Waals surface area (Å²) in [6.45, 7) is 3.26. The molecule has 0 amide bonds. The smallest absolute Gasteiger partial charge is 0.125 e. The summed E-state index contributed by atoms with van der Waals surface area (Å²) in [6, 6.07) is 13.6. The molecule has 0 bridgehead atoms. The molecule has 2 aromatic rings. The third kappa shape index (κ3) is 2.48. The predicted octanol–water partition coefficient (Wildman–Crippen LogP) is 3.46. The minimum absolute atomic E-state index is 0.580. The van der Waals surface area contributed by atoms with Crippen molar-refractivity contribution in [3.05, 3.63) is 53.7 Å². The van der Waals surface area contributed by atoms with Crippen molar-refractivity contribution in [1.29, 1.82) is 0 Å². The fourth-order valence-electron chi connectivity index (χ4n) is 2.91. The number of hydrogen-bond acceptors (Lipinski definition) is 3. The fourth-order valence-corrected chi connectivity index (χ4v) is 2.91. The maximum atomic E-state index is 4.28. The normalized spacial score (nSPS) is 17.7. The molecular formula is C17H21N3. The Morgan fingerprint density at radius 1 is 1.30 bits per heavy atom. The first-order chi connectivity index (χ1) is 9.78. The van der Waals surface area contributed by atoms with Crippen LogP contribution in [0.1, 0.15) is 24.5 Å². The number of pyridine rings is 1. The molecule has 0 aliphatic carbocycles. The largest absolute Gasteiger partial charge is 0.373 e. The summed E-state index contributed by atoms with van der Waals surface area (Å²) in [7, 11) is 1.91. The van der Waals surface area contributed by atoms with Crippen molar-refractivity contribution >= 4 is 11.5 Å². The standard InChI is InChI=1S/C17H21N3/c1-13-7-8-15-5-3-4-6-16(15)20(13)12-14-9-10-19-17(11-14)18-2/h3-6,9-11,13H,7-8,12H2,1-2H3,(H,18,19). The van der Waals surface area contributed by atoms with Crippen LogP contribution in [0.15, 0.2) is 42.6 Å². The molecule has 0 radical (unpaired) electrons. The SMILES string of the molecule is CNc1cc(CN2c3ccccc3CCC2C)ccn1. The number of anilines is 2. The monoisotopic (exact) mass is 267 g/mol. The van der Waals surface area contributed by atoms with Crippen molar-refractivity contribution in [3.63, 3.8) is 0 Å². The minimum Gasteiger partial charge on any atom is -0.373 e. The lowest BCUT2D eigenvalue weighted by molar-refractivity contribution is 0.560. The Labute approximate surface area is 120 Å². The molecule has 1 aliphatic heterocycles. The van der Waals surface area contributed by atoms with E-state index in [1.54, 1.807) is 0 Å². The maximum absolute atomic E-state index is 4.28. The summed E-state index contributed by atoms with van der Waals surface area (Å²) in [4.78, 5) is 6.79. The average molecular weight is 267 g/mol. The van der Waals surface area contributed by atoms with Crippen molar-refractivity contribution in [2.24, 2.45) is 0 Å². The topological polar surface area (TPSA) is 28.2 Å². The lowest BCUT2D eigenvalue weighted by Gasteiger charge is -2.37. The molecule has 1 aromatic carbocycles. The summed E-state index contributed by atoms with van der Waals surface area (Å²) in [6.07, 6.45) is 4.29. The van der Waals surface area contributed by atoms with Crippen LogP contribution in [-0.2, 0) is 13.0 Å². The van der Waals surface area contributed by atoms with E-state index >= 15 is 0 Å². The van der Waals surface area contributed by atoms with Crippen LogP contribution in [-0.4, -0.2) is 18.1 Å². The molecule has 1 N–H and O–H groups in total. The van der Waals surface area contributed by atoms with Gasteiger partial charge in [0, 0.05) is 31.5 Å². The van der Waals surface area contributed by atoms with E-state index in [1.165, 1.54) is 29.7 Å². The van der Waals surface area contributed by atoms with Gasteiger partial charge in [0.1, 0.15) is 5.82 Å². The molecule has 3 nitrogen and oxygen atoms in total. The quantitative estimate of drug-likeness (QED) is 0.923. The molecule has 1 unspecified atom stereocenters. The zero-order chi connectivity index (χ0) is 13.9. The zero-order valence-electron chi connectivity index (χ0n) is 12.1. The second kappa shape index (κ2) is 5.53. The van der Waals surface area contributed by atoms with Crippen molar-refractivity contribution in [2.45, 2.75) is 32.4 Å². The molecule has 0 saturated carbocycles. The molecule has 0 spiro atoms. The van der Waals surface area contributed by atoms with Crippen LogP contribution in [0.3, 0.4) is 0 Å². The second-order valence-electron chi connectivity index (χ2n) is 5.44. The van der Waals surface area contributed by atoms with Crippen LogP contribution in [0.2, 0.25) is 0 Å². The van der Waals surface area contributed by atoms with Gasteiger partial charge in [0.05, 0.1) is 0 Å². The summed E-state index contributed by atoms with van der Waals surface area (Å²) in [5.74, 6) is 0.931. The van der Waals surface area contributed by atoms with Crippen molar-refractivity contribution in [1.82, 2.24) is 4.98 Å². The summed E-state index contributed by atoms with van der Waals surface area (Å²) in [5, 5.41) is 3.11. The van der Waals surface area contributed by atoms with Gasteiger partial charge in [-0.2, -0.15) is 0 Å². The number of nitrogens with zero attached hydrogens (tertiary/aromatic N) is 2. The van der Waals surface area contributed by atoms with Crippen LogP contribution in [0, 0.1) is 0 Å². The van der Waals surface area contributed by atoms with Crippen LogP contribution >= 0.6 is 0 Å². The number of rotatable bonds is 3. The van der Waals surface area contributed by atoms with Gasteiger partial charge in [-0.1, -0.05) is 18.2 Å². The first-order valence-electron chi connectivity index (χ1n) is 7.25. The highest BCUT2D eigenvalue weighted by Gasteiger charge is 2.22. The maximum Gasteiger partial charge on any atom is 0.125 e.